The molecule has 492 valence electrons. The number of aromatic nitrogens is 4. The summed E-state index contributed by atoms with van der Waals surface area (Å²) in [6.07, 6.45) is -5.63. The number of carbonyl (C=O) groups is 4. The summed E-state index contributed by atoms with van der Waals surface area (Å²) in [4.78, 5) is 81.1. The Labute approximate surface area is 520 Å². The van der Waals surface area contributed by atoms with E-state index in [1.807, 2.05) is 10.6 Å². The predicted octanol–water partition coefficient (Wildman–Crippen LogP) is 5.26. The van der Waals surface area contributed by atoms with Crippen LogP contribution >= 0.6 is 0 Å². The number of alkyl carbamates (subject to hydrolysis) is 2. The van der Waals surface area contributed by atoms with Crippen LogP contribution in [0.4, 0.5) is 56.6 Å². The van der Waals surface area contributed by atoms with Gasteiger partial charge in [-0.25, -0.2) is 43.3 Å². The van der Waals surface area contributed by atoms with Crippen molar-refractivity contribution in [2.75, 3.05) is 83.2 Å². The summed E-state index contributed by atoms with van der Waals surface area (Å²) in [7, 11) is 1.67. The van der Waals surface area contributed by atoms with Gasteiger partial charge in [0.2, 0.25) is 17.8 Å². The van der Waals surface area contributed by atoms with Crippen molar-refractivity contribution in [1.29, 1.82) is 0 Å². The third-order valence-electron chi connectivity index (χ3n) is 18.4. The maximum atomic E-state index is 16.6. The Bertz CT molecular complexity index is 3280. The maximum Gasteiger partial charge on any atom is 0.407 e. The van der Waals surface area contributed by atoms with E-state index in [4.69, 9.17) is 9.47 Å². The highest BCUT2D eigenvalue weighted by Crippen LogP contribution is 2.43. The topological polar surface area (TPSA) is 241 Å². The Morgan fingerprint density at radius 1 is 0.626 bits per heavy atom. The van der Waals surface area contributed by atoms with Crippen LogP contribution in [0.2, 0.25) is 0 Å². The molecule has 4 aromatic rings. The van der Waals surface area contributed by atoms with Crippen molar-refractivity contribution in [3.05, 3.63) is 95.1 Å². The first-order chi connectivity index (χ1) is 43.1. The second kappa shape index (κ2) is 26.9. The number of rotatable bonds is 20. The van der Waals surface area contributed by atoms with E-state index in [2.05, 4.69) is 71.6 Å². The number of anilines is 2. The second-order valence-corrected chi connectivity index (χ2v) is 25.1. The molecule has 0 radical (unpaired) electrons. The predicted molar refractivity (Wildman–Crippen MR) is 311 cm³/mol. The molecule has 5 N–H and O–H groups in total. The number of fused-ring (bicyclic) bond motifs is 4. The van der Waals surface area contributed by atoms with Crippen molar-refractivity contribution in [3.8, 4) is 23.0 Å². The van der Waals surface area contributed by atoms with Gasteiger partial charge >= 0.3 is 24.5 Å². The van der Waals surface area contributed by atoms with Crippen molar-refractivity contribution < 1.29 is 78.4 Å². The fourth-order valence-corrected chi connectivity index (χ4v) is 12.7. The molecular formula is C61H73F8N13O9. The highest BCUT2D eigenvalue weighted by Gasteiger charge is 2.58. The lowest BCUT2D eigenvalue weighted by atomic mass is 9.82. The molecule has 8 atom stereocenters. The molecule has 2 aromatic heterocycles. The molecule has 0 spiro atoms. The fourth-order valence-electron chi connectivity index (χ4n) is 12.7. The molecule has 0 saturated carbocycles. The number of amides is 4. The molecule has 10 rings (SSSR count). The lowest BCUT2D eigenvalue weighted by Crippen LogP contribution is -2.63. The number of methoxy groups -OCH3 is 2. The van der Waals surface area contributed by atoms with Gasteiger partial charge in [0.1, 0.15) is 23.7 Å². The minimum absolute atomic E-state index is 0.0311. The first-order valence-electron chi connectivity index (χ1n) is 29.9. The monoisotopic (exact) mass is 1280 g/mol. The standard InChI is InChI=1S/C61H73F8N13O9/c1-58(2,60(64,65)66)50(75-56(86)88-5)52(84)74-48(17-35-10-7-34(8-11-35)9-12-36-20-70-54(71-21-36)78-24-39-13-14-40(25-78)81(39)43-30-90-31-43)49(83)29-80(77-53(85)51(76-57(87)89-6)59(3,4)61(67,68)69)28-45-46(62)18-37(19-47(45)63)38-22-72-55(73-23-38)79-26-41-15-16-42(27-79)82(41)44-32-91-33-44/h7-8,10-11,18-23,39-44,48-51,83H,13-17,24-33H2,1-6H3,(H,74,84)(H,75,86)(H,76,87)(H,77,85)/t39?,40?,41?,42?,48-,49-,50+,51+/m0/s1. The number of carbonyl (C=O) groups excluding carboxylic acids is 4. The average Bonchev–Trinajstić information content (AvgIpc) is 1.72. The number of piperazine rings is 2. The highest BCUT2D eigenvalue weighted by molar-refractivity contribution is 5.87. The molecule has 6 saturated heterocycles. The lowest BCUT2D eigenvalue weighted by Gasteiger charge is -2.47. The van der Waals surface area contributed by atoms with Crippen LogP contribution in [0.1, 0.15) is 75.6 Å². The van der Waals surface area contributed by atoms with Gasteiger partial charge in [-0.2, -0.15) is 26.3 Å². The van der Waals surface area contributed by atoms with Crippen molar-refractivity contribution in [2.45, 2.75) is 139 Å². The van der Waals surface area contributed by atoms with E-state index in [1.54, 1.807) is 24.5 Å². The number of ether oxygens (including phenoxy) is 4. The zero-order chi connectivity index (χ0) is 65.3. The van der Waals surface area contributed by atoms with Gasteiger partial charge in [-0.05, 0) is 95.2 Å². The number of nitrogens with one attached hydrogen (secondary N) is 4. The quantitative estimate of drug-likeness (QED) is 0.0431. The summed E-state index contributed by atoms with van der Waals surface area (Å²) in [6.45, 7) is 6.09. The number of benzene rings is 2. The van der Waals surface area contributed by atoms with E-state index in [9.17, 15) is 50.6 Å². The third-order valence-corrected chi connectivity index (χ3v) is 18.4. The van der Waals surface area contributed by atoms with Gasteiger partial charge in [-0.15, -0.1) is 0 Å². The molecule has 6 fully saturated rings. The summed E-state index contributed by atoms with van der Waals surface area (Å²) in [5, 5.41) is 19.0. The van der Waals surface area contributed by atoms with Crippen LogP contribution in [0.25, 0.3) is 11.1 Å². The Morgan fingerprint density at radius 2 is 1.05 bits per heavy atom. The molecule has 22 nitrogen and oxygen atoms in total. The van der Waals surface area contributed by atoms with E-state index < -0.39 is 108 Å². The zero-order valence-electron chi connectivity index (χ0n) is 50.9. The highest BCUT2D eigenvalue weighted by atomic mass is 19.4. The van der Waals surface area contributed by atoms with Crippen LogP contribution in [0.5, 0.6) is 0 Å². The van der Waals surface area contributed by atoms with Crippen LogP contribution in [-0.4, -0.2) is 210 Å². The average molecular weight is 1280 g/mol. The Balaban J connectivity index is 0.910. The summed E-state index contributed by atoms with van der Waals surface area (Å²) >= 11 is 0. The molecule has 4 amide bonds. The van der Waals surface area contributed by atoms with E-state index in [0.717, 1.165) is 78.3 Å². The Hall–Kier alpha value is -7.56. The number of aliphatic hydroxyl groups excluding tert-OH is 1. The van der Waals surface area contributed by atoms with E-state index >= 15 is 8.78 Å². The van der Waals surface area contributed by atoms with Crippen LogP contribution in [0.15, 0.2) is 61.2 Å². The molecule has 91 heavy (non-hydrogen) atoms. The summed E-state index contributed by atoms with van der Waals surface area (Å²) < 4.78 is 141. The van der Waals surface area contributed by atoms with E-state index in [1.165, 1.54) is 24.5 Å². The fraction of sp³-hybridized carbons (Fsp3) is 0.574. The maximum absolute atomic E-state index is 16.6. The Morgan fingerprint density at radius 3 is 1.47 bits per heavy atom. The third kappa shape index (κ3) is 14.6. The van der Waals surface area contributed by atoms with Crippen molar-refractivity contribution in [1.82, 2.24) is 56.1 Å². The first kappa shape index (κ1) is 66.4. The summed E-state index contributed by atoms with van der Waals surface area (Å²) in [6, 6.07) is 3.46. The molecule has 6 aliphatic rings. The SMILES string of the molecule is COC(=O)N[C@H](C(=O)N[C@@H](Cc1ccc(C#Cc2cnc(N3CC4CCC(C3)N4C3COC3)nc2)cc1)[C@@H](O)CN(Cc1c(F)cc(-c2cnc(N3CC4CCC(C3)N4C3COC3)nc2)cc1F)NC(=O)[C@@H](NC(=O)OC)C(C)(C)C(F)(F)F)C(C)(C)C(F)(F)F. The van der Waals surface area contributed by atoms with Crippen molar-refractivity contribution >= 4 is 35.9 Å². The first-order valence-corrected chi connectivity index (χ1v) is 29.9. The number of aliphatic hydroxyl groups is 1. The zero-order valence-corrected chi connectivity index (χ0v) is 50.9. The van der Waals surface area contributed by atoms with Crippen LogP contribution < -0.4 is 31.2 Å². The Kier molecular flexibility index (Phi) is 19.7. The van der Waals surface area contributed by atoms with Gasteiger partial charge in [-0.3, -0.25) is 24.8 Å². The van der Waals surface area contributed by atoms with Crippen molar-refractivity contribution in [3.63, 3.8) is 0 Å². The minimum Gasteiger partial charge on any atom is -0.453 e. The normalized spacial score (nSPS) is 22.0. The smallest absolute Gasteiger partial charge is 0.407 e. The molecule has 2 aromatic carbocycles. The minimum atomic E-state index is -5.20. The molecule has 30 heteroatoms. The van der Waals surface area contributed by atoms with Crippen LogP contribution in [-0.2, 0) is 41.5 Å². The van der Waals surface area contributed by atoms with Gasteiger partial charge in [0.15, 0.2) is 0 Å². The van der Waals surface area contributed by atoms with Gasteiger partial charge in [0.25, 0.3) is 5.91 Å². The van der Waals surface area contributed by atoms with E-state index in [0.29, 0.717) is 112 Å². The number of nitrogens with zero attached hydrogens (tertiary/aromatic N) is 9. The molecule has 6 aliphatic heterocycles. The van der Waals surface area contributed by atoms with Crippen molar-refractivity contribution in [2.24, 2.45) is 10.8 Å². The largest absolute Gasteiger partial charge is 0.453 e. The van der Waals surface area contributed by atoms with Gasteiger partial charge in [0.05, 0.1) is 81.3 Å². The van der Waals surface area contributed by atoms with Gasteiger partial charge in [0, 0.05) is 105 Å². The molecule has 4 unspecified atom stereocenters. The van der Waals surface area contributed by atoms with Crippen LogP contribution in [0, 0.1) is 34.3 Å². The molecule has 0 aliphatic carbocycles. The number of hydrogen-bond acceptors (Lipinski definition) is 18. The number of halogens is 8. The van der Waals surface area contributed by atoms with Gasteiger partial charge < -0.3 is 49.8 Å². The number of hydrogen-bond donors (Lipinski definition) is 5. The summed E-state index contributed by atoms with van der Waals surface area (Å²) in [5.41, 5.74) is -3.33. The van der Waals surface area contributed by atoms with E-state index in [-0.39, 0.29) is 23.2 Å². The number of hydrazine groups is 1. The number of alkyl halides is 6. The molecule has 8 heterocycles. The molecule has 4 bridgehead atoms. The van der Waals surface area contributed by atoms with Crippen LogP contribution in [0.3, 0.4) is 0 Å². The second-order valence-electron chi connectivity index (χ2n) is 25.1. The van der Waals surface area contributed by atoms with Gasteiger partial charge in [-0.1, -0.05) is 24.0 Å². The molecular weight excluding hydrogens is 1210 g/mol. The lowest BCUT2D eigenvalue weighted by molar-refractivity contribution is -0.221. The summed E-state index contributed by atoms with van der Waals surface area (Å²) in [5.74, 6) is 1.39.